The second-order valence-corrected chi connectivity index (χ2v) is 7.76. The number of aromatic nitrogens is 3. The smallest absolute Gasteiger partial charge is 0.338 e. The molecule has 148 valence electrons. The fraction of sp³-hybridized carbons (Fsp3) is 0.471. The van der Waals surface area contributed by atoms with E-state index in [4.69, 9.17) is 13.8 Å². The maximum absolute atomic E-state index is 12.4. The van der Waals surface area contributed by atoms with Gasteiger partial charge in [-0.25, -0.2) is 9.48 Å². The summed E-state index contributed by atoms with van der Waals surface area (Å²) in [6.07, 6.45) is 0.413. The topological polar surface area (TPSA) is 113 Å². The third-order valence-corrected chi connectivity index (χ3v) is 5.60. The van der Waals surface area contributed by atoms with E-state index in [9.17, 15) is 14.5 Å². The van der Waals surface area contributed by atoms with Crippen LogP contribution in [0.5, 0.6) is 0 Å². The van der Waals surface area contributed by atoms with Crippen molar-refractivity contribution in [1.82, 2.24) is 15.0 Å². The van der Waals surface area contributed by atoms with Crippen LogP contribution in [-0.4, -0.2) is 51.5 Å². The van der Waals surface area contributed by atoms with Gasteiger partial charge < -0.3 is 18.9 Å². The SMILES string of the molecule is CCOP(=O)(CC(O)Cn1cc(COC(=O)c2ccccc2)nn1)OCC. The number of nitrogens with zero attached hydrogens (tertiary/aromatic N) is 3. The molecule has 2 aromatic rings. The maximum Gasteiger partial charge on any atom is 0.338 e. The molecule has 2 rings (SSSR count). The largest absolute Gasteiger partial charge is 0.455 e. The summed E-state index contributed by atoms with van der Waals surface area (Å²) in [6, 6.07) is 8.62. The number of benzene rings is 1. The van der Waals surface area contributed by atoms with Crippen molar-refractivity contribution in [3.63, 3.8) is 0 Å². The number of rotatable bonds is 11. The molecule has 27 heavy (non-hydrogen) atoms. The minimum absolute atomic E-state index is 0.0415. The third kappa shape index (κ3) is 6.88. The van der Waals surface area contributed by atoms with Gasteiger partial charge in [0.15, 0.2) is 0 Å². The Labute approximate surface area is 157 Å². The zero-order valence-corrected chi connectivity index (χ0v) is 16.2. The molecule has 1 aromatic heterocycles. The lowest BCUT2D eigenvalue weighted by atomic mass is 10.2. The van der Waals surface area contributed by atoms with Crippen molar-refractivity contribution in [1.29, 1.82) is 0 Å². The normalized spacial score (nSPS) is 12.7. The van der Waals surface area contributed by atoms with Gasteiger partial charge in [-0.15, -0.1) is 5.10 Å². The lowest BCUT2D eigenvalue weighted by Crippen LogP contribution is -2.22. The molecule has 9 nitrogen and oxygen atoms in total. The number of carbonyl (C=O) groups is 1. The average Bonchev–Trinajstić information content (AvgIpc) is 3.07. The van der Waals surface area contributed by atoms with Crippen molar-refractivity contribution in [3.05, 3.63) is 47.8 Å². The van der Waals surface area contributed by atoms with E-state index in [1.807, 2.05) is 6.07 Å². The Morgan fingerprint density at radius 2 is 1.89 bits per heavy atom. The second kappa shape index (κ2) is 10.3. The first-order chi connectivity index (χ1) is 13.0. The van der Waals surface area contributed by atoms with Gasteiger partial charge in [0.05, 0.1) is 43.8 Å². The number of hydrogen-bond donors (Lipinski definition) is 1. The first-order valence-electron chi connectivity index (χ1n) is 8.63. The number of ether oxygens (including phenoxy) is 1. The van der Waals surface area contributed by atoms with E-state index in [1.165, 1.54) is 4.68 Å². The quantitative estimate of drug-likeness (QED) is 0.454. The molecule has 0 spiro atoms. The van der Waals surface area contributed by atoms with Gasteiger partial charge in [0.2, 0.25) is 0 Å². The number of esters is 1. The van der Waals surface area contributed by atoms with Crippen LogP contribution in [-0.2, 0) is 31.5 Å². The van der Waals surface area contributed by atoms with Crippen LogP contribution in [0.15, 0.2) is 36.5 Å². The summed E-state index contributed by atoms with van der Waals surface area (Å²) in [7, 11) is -3.35. The van der Waals surface area contributed by atoms with E-state index in [0.29, 0.717) is 11.3 Å². The van der Waals surface area contributed by atoms with Crippen molar-refractivity contribution in [2.45, 2.75) is 33.1 Å². The highest BCUT2D eigenvalue weighted by molar-refractivity contribution is 7.53. The summed E-state index contributed by atoms with van der Waals surface area (Å²) in [5.74, 6) is -0.459. The molecule has 1 N–H and O–H groups in total. The molecule has 0 saturated carbocycles. The zero-order valence-electron chi connectivity index (χ0n) is 15.4. The van der Waals surface area contributed by atoms with Crippen LogP contribution >= 0.6 is 7.60 Å². The summed E-state index contributed by atoms with van der Waals surface area (Å²) in [4.78, 5) is 11.9. The van der Waals surface area contributed by atoms with Gasteiger partial charge in [-0.05, 0) is 26.0 Å². The summed E-state index contributed by atoms with van der Waals surface area (Å²) in [5, 5.41) is 17.9. The molecule has 0 aliphatic carbocycles. The van der Waals surface area contributed by atoms with Gasteiger partial charge in [0, 0.05) is 0 Å². The molecule has 10 heteroatoms. The number of hydrogen-bond acceptors (Lipinski definition) is 8. The highest BCUT2D eigenvalue weighted by Crippen LogP contribution is 2.48. The Bertz CT molecular complexity index is 757. The Morgan fingerprint density at radius 3 is 2.52 bits per heavy atom. The van der Waals surface area contributed by atoms with Crippen LogP contribution < -0.4 is 0 Å². The summed E-state index contributed by atoms with van der Waals surface area (Å²) >= 11 is 0. The van der Waals surface area contributed by atoms with Gasteiger partial charge in [-0.1, -0.05) is 23.4 Å². The van der Waals surface area contributed by atoms with E-state index >= 15 is 0 Å². The highest BCUT2D eigenvalue weighted by atomic mass is 31.2. The fourth-order valence-corrected chi connectivity index (χ4v) is 4.06. The predicted octanol–water partition coefficient (Wildman–Crippen LogP) is 2.26. The second-order valence-electron chi connectivity index (χ2n) is 5.66. The Hall–Kier alpha value is -2.06. The first-order valence-corrected chi connectivity index (χ1v) is 10.4. The molecular weight excluding hydrogens is 373 g/mol. The van der Waals surface area contributed by atoms with Gasteiger partial charge in [0.1, 0.15) is 12.3 Å². The van der Waals surface area contributed by atoms with Crippen LogP contribution in [0.1, 0.15) is 29.9 Å². The monoisotopic (exact) mass is 397 g/mol. The van der Waals surface area contributed by atoms with Gasteiger partial charge in [-0.2, -0.15) is 0 Å². The van der Waals surface area contributed by atoms with E-state index in [1.54, 1.807) is 44.3 Å². The third-order valence-electron chi connectivity index (χ3n) is 3.43. The fourth-order valence-electron chi connectivity index (χ4n) is 2.36. The molecule has 1 unspecified atom stereocenters. The minimum Gasteiger partial charge on any atom is -0.455 e. The number of aliphatic hydroxyl groups is 1. The molecule has 0 aliphatic heterocycles. The molecule has 0 amide bonds. The summed E-state index contributed by atoms with van der Waals surface area (Å²) in [5.41, 5.74) is 0.882. The Morgan fingerprint density at radius 1 is 1.22 bits per heavy atom. The van der Waals surface area contributed by atoms with Crippen LogP contribution in [0.2, 0.25) is 0 Å². The van der Waals surface area contributed by atoms with E-state index in [2.05, 4.69) is 10.3 Å². The van der Waals surface area contributed by atoms with Crippen molar-refractivity contribution in [2.24, 2.45) is 0 Å². The van der Waals surface area contributed by atoms with Crippen molar-refractivity contribution in [2.75, 3.05) is 19.4 Å². The van der Waals surface area contributed by atoms with Crippen LogP contribution in [0, 0.1) is 0 Å². The molecule has 0 fully saturated rings. The molecule has 1 heterocycles. The number of carbonyl (C=O) groups excluding carboxylic acids is 1. The van der Waals surface area contributed by atoms with Gasteiger partial charge in [-0.3, -0.25) is 4.57 Å². The molecule has 1 aromatic carbocycles. The van der Waals surface area contributed by atoms with Gasteiger partial charge >= 0.3 is 13.6 Å². The lowest BCUT2D eigenvalue weighted by Gasteiger charge is -2.19. The molecule has 0 bridgehead atoms. The van der Waals surface area contributed by atoms with Crippen LogP contribution in [0.4, 0.5) is 0 Å². The predicted molar refractivity (Wildman–Crippen MR) is 97.3 cm³/mol. The van der Waals surface area contributed by atoms with Gasteiger partial charge in [0.25, 0.3) is 0 Å². The maximum atomic E-state index is 12.4. The average molecular weight is 397 g/mol. The standard InChI is InChI=1S/C17H24N3O6P/c1-3-25-27(23,26-4-2)13-16(21)11-20-10-15(18-19-20)12-24-17(22)14-8-6-5-7-9-14/h5-10,16,21H,3-4,11-13H2,1-2H3. The first kappa shape index (κ1) is 21.2. The molecular formula is C17H24N3O6P. The van der Waals surface area contributed by atoms with E-state index in [0.717, 1.165) is 0 Å². The Kier molecular flexibility index (Phi) is 8.12. The summed E-state index contributed by atoms with van der Waals surface area (Å²) in [6.45, 7) is 3.88. The van der Waals surface area contributed by atoms with Crippen molar-refractivity contribution >= 4 is 13.6 Å². The minimum atomic E-state index is -3.35. The molecule has 0 radical (unpaired) electrons. The van der Waals surface area contributed by atoms with Crippen LogP contribution in [0.25, 0.3) is 0 Å². The molecule has 0 saturated heterocycles. The number of aliphatic hydroxyl groups excluding tert-OH is 1. The Balaban J connectivity index is 1.86. The zero-order chi connectivity index (χ0) is 19.7. The van der Waals surface area contributed by atoms with E-state index in [-0.39, 0.29) is 32.5 Å². The molecule has 1 atom stereocenters. The van der Waals surface area contributed by atoms with Crippen molar-refractivity contribution in [3.8, 4) is 0 Å². The molecule has 0 aliphatic rings. The van der Waals surface area contributed by atoms with Crippen LogP contribution in [0.3, 0.4) is 0 Å². The highest BCUT2D eigenvalue weighted by Gasteiger charge is 2.28. The van der Waals surface area contributed by atoms with E-state index < -0.39 is 19.7 Å². The lowest BCUT2D eigenvalue weighted by molar-refractivity contribution is 0.0467. The van der Waals surface area contributed by atoms with Crippen molar-refractivity contribution < 1.29 is 28.3 Å². The summed E-state index contributed by atoms with van der Waals surface area (Å²) < 4.78 is 29.3.